The van der Waals surface area contributed by atoms with Gasteiger partial charge in [-0.3, -0.25) is 4.79 Å². The van der Waals surface area contributed by atoms with Crippen molar-refractivity contribution in [2.24, 2.45) is 0 Å². The van der Waals surface area contributed by atoms with Crippen LogP contribution in [0.25, 0.3) is 0 Å². The molecule has 2 aromatic rings. The summed E-state index contributed by atoms with van der Waals surface area (Å²) >= 11 is 0. The molecule has 0 unspecified atom stereocenters. The predicted octanol–water partition coefficient (Wildman–Crippen LogP) is 4.25. The van der Waals surface area contributed by atoms with Gasteiger partial charge in [0.25, 0.3) is 5.91 Å². The highest BCUT2D eigenvalue weighted by atomic mass is 16.2. The van der Waals surface area contributed by atoms with Crippen LogP contribution in [0.1, 0.15) is 49.7 Å². The van der Waals surface area contributed by atoms with Gasteiger partial charge in [0.1, 0.15) is 0 Å². The highest BCUT2D eigenvalue weighted by molar-refractivity contribution is 5.92. The minimum atomic E-state index is -0.0951. The van der Waals surface area contributed by atoms with Crippen LogP contribution in [0.3, 0.4) is 0 Å². The van der Waals surface area contributed by atoms with E-state index in [4.69, 9.17) is 0 Å². The first-order chi connectivity index (χ1) is 13.0. The van der Waals surface area contributed by atoms with Crippen LogP contribution in [0, 0.1) is 6.92 Å². The maximum absolute atomic E-state index is 12.3. The van der Waals surface area contributed by atoms with Crippen LogP contribution < -0.4 is 10.2 Å². The third kappa shape index (κ3) is 5.42. The molecule has 0 aliphatic heterocycles. The van der Waals surface area contributed by atoms with Gasteiger partial charge in [-0.05, 0) is 63.1 Å². The molecule has 0 saturated carbocycles. The average molecular weight is 370 g/mol. The molecule has 6 nitrogen and oxygen atoms in total. The standard InChI is InChI=1S/C21H31N5O/c1-6-9-14-25(5)21(27)19-12-13-20(24-23-19)22-18-11-10-17(15-16(18)4)26(7-2)8-3/h10-13,15H,6-9,14H2,1-5H3,(H,22,24). The summed E-state index contributed by atoms with van der Waals surface area (Å²) < 4.78 is 0. The molecule has 0 bridgehead atoms. The lowest BCUT2D eigenvalue weighted by atomic mass is 10.1. The van der Waals surface area contributed by atoms with E-state index in [1.54, 1.807) is 24.1 Å². The summed E-state index contributed by atoms with van der Waals surface area (Å²) in [5.41, 5.74) is 3.71. The average Bonchev–Trinajstić information content (AvgIpc) is 2.69. The molecule has 0 radical (unpaired) electrons. The Morgan fingerprint density at radius 1 is 1.07 bits per heavy atom. The summed E-state index contributed by atoms with van der Waals surface area (Å²) in [6.45, 7) is 11.2. The van der Waals surface area contributed by atoms with E-state index in [9.17, 15) is 4.79 Å². The molecule has 0 aliphatic carbocycles. The zero-order chi connectivity index (χ0) is 19.8. The smallest absolute Gasteiger partial charge is 0.274 e. The van der Waals surface area contributed by atoms with Gasteiger partial charge in [0.2, 0.25) is 0 Å². The molecule has 1 N–H and O–H groups in total. The quantitative estimate of drug-likeness (QED) is 0.716. The Kier molecular flexibility index (Phi) is 7.58. The van der Waals surface area contributed by atoms with E-state index < -0.39 is 0 Å². The molecule has 27 heavy (non-hydrogen) atoms. The number of aryl methyl sites for hydroxylation is 1. The van der Waals surface area contributed by atoms with Crippen LogP contribution in [-0.2, 0) is 0 Å². The van der Waals surface area contributed by atoms with Crippen LogP contribution in [0.15, 0.2) is 30.3 Å². The lowest BCUT2D eigenvalue weighted by Crippen LogP contribution is -2.28. The monoisotopic (exact) mass is 369 g/mol. The summed E-state index contributed by atoms with van der Waals surface area (Å²) in [6, 6.07) is 9.85. The normalized spacial score (nSPS) is 10.6. The zero-order valence-corrected chi connectivity index (χ0v) is 17.1. The van der Waals surface area contributed by atoms with Gasteiger partial charge in [0, 0.05) is 38.1 Å². The molecule has 1 heterocycles. The lowest BCUT2D eigenvalue weighted by Gasteiger charge is -2.22. The van der Waals surface area contributed by atoms with Gasteiger partial charge in [-0.2, -0.15) is 0 Å². The number of amides is 1. The molecule has 0 atom stereocenters. The fourth-order valence-electron chi connectivity index (χ4n) is 2.92. The Bertz CT molecular complexity index is 741. The van der Waals surface area contributed by atoms with Crippen LogP contribution >= 0.6 is 0 Å². The molecule has 146 valence electrons. The van der Waals surface area contributed by atoms with E-state index >= 15 is 0 Å². The van der Waals surface area contributed by atoms with Crippen molar-refractivity contribution in [1.82, 2.24) is 15.1 Å². The molecule has 6 heteroatoms. The van der Waals surface area contributed by atoms with Crippen molar-refractivity contribution >= 4 is 23.1 Å². The van der Waals surface area contributed by atoms with E-state index in [0.29, 0.717) is 11.5 Å². The van der Waals surface area contributed by atoms with E-state index in [1.807, 2.05) is 0 Å². The first kappa shape index (κ1) is 20.7. The van der Waals surface area contributed by atoms with Crippen molar-refractivity contribution in [2.45, 2.75) is 40.5 Å². The molecule has 0 saturated heterocycles. The first-order valence-corrected chi connectivity index (χ1v) is 9.71. The number of anilines is 3. The van der Waals surface area contributed by atoms with Crippen LogP contribution in [-0.4, -0.2) is 47.7 Å². The Hall–Kier alpha value is -2.63. The molecule has 1 amide bonds. The number of hydrogen-bond acceptors (Lipinski definition) is 5. The molecule has 0 spiro atoms. The van der Waals surface area contributed by atoms with E-state index in [2.05, 4.69) is 66.3 Å². The maximum atomic E-state index is 12.3. The molecular formula is C21H31N5O. The molecular weight excluding hydrogens is 338 g/mol. The second-order valence-electron chi connectivity index (χ2n) is 6.68. The van der Waals surface area contributed by atoms with Crippen LogP contribution in [0.2, 0.25) is 0 Å². The van der Waals surface area contributed by atoms with Crippen molar-refractivity contribution in [1.29, 1.82) is 0 Å². The topological polar surface area (TPSA) is 61.4 Å². The Labute approximate surface area is 162 Å². The second kappa shape index (κ2) is 9.90. The Balaban J connectivity index is 2.07. The number of benzene rings is 1. The minimum absolute atomic E-state index is 0.0951. The van der Waals surface area contributed by atoms with Crippen molar-refractivity contribution in [3.05, 3.63) is 41.6 Å². The van der Waals surface area contributed by atoms with Gasteiger partial charge in [0.15, 0.2) is 11.5 Å². The van der Waals surface area contributed by atoms with Crippen molar-refractivity contribution in [3.8, 4) is 0 Å². The largest absolute Gasteiger partial charge is 0.372 e. The van der Waals surface area contributed by atoms with Gasteiger partial charge >= 0.3 is 0 Å². The summed E-state index contributed by atoms with van der Waals surface area (Å²) in [5.74, 6) is 0.531. The van der Waals surface area contributed by atoms with E-state index in [1.165, 1.54) is 5.69 Å². The van der Waals surface area contributed by atoms with Gasteiger partial charge < -0.3 is 15.1 Å². The molecule has 0 aliphatic rings. The van der Waals surface area contributed by atoms with Crippen molar-refractivity contribution in [3.63, 3.8) is 0 Å². The number of rotatable bonds is 9. The van der Waals surface area contributed by atoms with E-state index in [-0.39, 0.29) is 5.91 Å². The summed E-state index contributed by atoms with van der Waals surface area (Å²) in [4.78, 5) is 16.3. The number of carbonyl (C=O) groups excluding carboxylic acids is 1. The number of hydrogen-bond donors (Lipinski definition) is 1. The minimum Gasteiger partial charge on any atom is -0.372 e. The van der Waals surface area contributed by atoms with Gasteiger partial charge in [-0.15, -0.1) is 10.2 Å². The number of carbonyl (C=O) groups is 1. The Morgan fingerprint density at radius 2 is 1.81 bits per heavy atom. The molecule has 1 aromatic carbocycles. The lowest BCUT2D eigenvalue weighted by molar-refractivity contribution is 0.0786. The second-order valence-corrected chi connectivity index (χ2v) is 6.68. The number of unbranched alkanes of at least 4 members (excludes halogenated alkanes) is 1. The highest BCUT2D eigenvalue weighted by Crippen LogP contribution is 2.24. The number of aromatic nitrogens is 2. The fraction of sp³-hybridized carbons (Fsp3) is 0.476. The maximum Gasteiger partial charge on any atom is 0.274 e. The predicted molar refractivity (Wildman–Crippen MR) is 112 cm³/mol. The molecule has 2 rings (SSSR count). The summed E-state index contributed by atoms with van der Waals surface area (Å²) in [7, 11) is 1.80. The van der Waals surface area contributed by atoms with Crippen LogP contribution in [0.4, 0.5) is 17.2 Å². The third-order valence-corrected chi connectivity index (χ3v) is 4.68. The summed E-state index contributed by atoms with van der Waals surface area (Å²) in [6.07, 6.45) is 2.04. The number of nitrogens with one attached hydrogen (secondary N) is 1. The SMILES string of the molecule is CCCCN(C)C(=O)c1ccc(Nc2ccc(N(CC)CC)cc2C)nn1. The third-order valence-electron chi connectivity index (χ3n) is 4.68. The number of nitrogens with zero attached hydrogens (tertiary/aromatic N) is 4. The van der Waals surface area contributed by atoms with Gasteiger partial charge in [-0.1, -0.05) is 13.3 Å². The Morgan fingerprint density at radius 3 is 2.37 bits per heavy atom. The van der Waals surface area contributed by atoms with Crippen molar-refractivity contribution < 1.29 is 4.79 Å². The highest BCUT2D eigenvalue weighted by Gasteiger charge is 2.13. The van der Waals surface area contributed by atoms with Gasteiger partial charge in [-0.25, -0.2) is 0 Å². The van der Waals surface area contributed by atoms with E-state index in [0.717, 1.165) is 43.7 Å². The fourth-order valence-corrected chi connectivity index (χ4v) is 2.92. The van der Waals surface area contributed by atoms with Crippen LogP contribution in [0.5, 0.6) is 0 Å². The zero-order valence-electron chi connectivity index (χ0n) is 17.1. The first-order valence-electron chi connectivity index (χ1n) is 9.71. The van der Waals surface area contributed by atoms with Crippen molar-refractivity contribution in [2.75, 3.05) is 36.9 Å². The molecule has 0 fully saturated rings. The van der Waals surface area contributed by atoms with Gasteiger partial charge in [0.05, 0.1) is 0 Å². The molecule has 1 aromatic heterocycles. The summed E-state index contributed by atoms with van der Waals surface area (Å²) in [5, 5.41) is 11.6.